The van der Waals surface area contributed by atoms with Crippen LogP contribution in [0.25, 0.3) is 51.5 Å². The van der Waals surface area contributed by atoms with E-state index in [1.807, 2.05) is 45.3 Å². The Morgan fingerprint density at radius 3 is 1.32 bits per heavy atom. The van der Waals surface area contributed by atoms with Gasteiger partial charge in [-0.15, -0.1) is 45.3 Å². The van der Waals surface area contributed by atoms with Crippen molar-refractivity contribution in [1.29, 1.82) is 0 Å². The summed E-state index contributed by atoms with van der Waals surface area (Å²) in [5, 5.41) is 0. The van der Waals surface area contributed by atoms with Gasteiger partial charge in [-0.1, -0.05) is 48.5 Å². The molecule has 0 amide bonds. The highest BCUT2D eigenvalue weighted by Gasteiger charge is 2.16. The highest BCUT2D eigenvalue weighted by Crippen LogP contribution is 2.45. The predicted octanol–water partition coefficient (Wildman–Crippen LogP) is 12.1. The van der Waals surface area contributed by atoms with Crippen LogP contribution in [0, 0.1) is 41.5 Å². The Morgan fingerprint density at radius 2 is 0.789 bits per heavy atom. The molecule has 6 aromatic rings. The number of benzene rings is 2. The van der Waals surface area contributed by atoms with E-state index in [4.69, 9.17) is 0 Å². The normalized spacial score (nSPS) is 11.4. The van der Waals surface area contributed by atoms with Crippen molar-refractivity contribution in [2.24, 2.45) is 0 Å². The molecule has 0 unspecified atom stereocenters. The SMILES string of the molecule is Cc1cc(C)c(-c2ccc(-c3sc(-c4sc(-c5ccc(-c6cc(C)c(C)s6)cc5)cc4C)cc3C)cc2)s1. The third-order valence-electron chi connectivity index (χ3n) is 7.13. The summed E-state index contributed by atoms with van der Waals surface area (Å²) < 4.78 is 0. The van der Waals surface area contributed by atoms with Crippen molar-refractivity contribution < 1.29 is 0 Å². The van der Waals surface area contributed by atoms with Gasteiger partial charge in [0, 0.05) is 39.0 Å². The van der Waals surface area contributed by atoms with Crippen LogP contribution in [0.1, 0.15) is 32.0 Å². The summed E-state index contributed by atoms with van der Waals surface area (Å²) in [6, 6.07) is 27.5. The summed E-state index contributed by atoms with van der Waals surface area (Å²) in [5.41, 5.74) is 10.7. The van der Waals surface area contributed by atoms with Crippen molar-refractivity contribution in [3.05, 3.63) is 105 Å². The fourth-order valence-electron chi connectivity index (χ4n) is 4.96. The number of hydrogen-bond donors (Lipinski definition) is 0. The molecule has 0 radical (unpaired) electrons. The first-order valence-electron chi connectivity index (χ1n) is 12.8. The van der Waals surface area contributed by atoms with E-state index in [1.165, 1.54) is 83.5 Å². The van der Waals surface area contributed by atoms with Crippen LogP contribution in [-0.2, 0) is 0 Å². The van der Waals surface area contributed by atoms with Gasteiger partial charge in [0.15, 0.2) is 0 Å². The van der Waals surface area contributed by atoms with E-state index in [0.717, 1.165) is 0 Å². The highest BCUT2D eigenvalue weighted by molar-refractivity contribution is 7.25. The number of rotatable bonds is 5. The quantitative estimate of drug-likeness (QED) is 0.195. The average molecular weight is 567 g/mol. The molecular weight excluding hydrogens is 537 g/mol. The number of aryl methyl sites for hydroxylation is 6. The van der Waals surface area contributed by atoms with Gasteiger partial charge in [-0.05, 0) is 110 Å². The van der Waals surface area contributed by atoms with Gasteiger partial charge < -0.3 is 0 Å². The molecule has 0 spiro atoms. The van der Waals surface area contributed by atoms with Crippen molar-refractivity contribution in [1.82, 2.24) is 0 Å². The maximum absolute atomic E-state index is 2.37. The van der Waals surface area contributed by atoms with Crippen molar-refractivity contribution >= 4 is 45.3 Å². The smallest absolute Gasteiger partial charge is 0.0478 e. The van der Waals surface area contributed by atoms with Crippen LogP contribution in [0.3, 0.4) is 0 Å². The zero-order valence-corrected chi connectivity index (χ0v) is 25.8. The average Bonchev–Trinajstić information content (AvgIpc) is 3.66. The van der Waals surface area contributed by atoms with Crippen LogP contribution < -0.4 is 0 Å². The van der Waals surface area contributed by atoms with Crippen molar-refractivity contribution in [2.75, 3.05) is 0 Å². The predicted molar refractivity (Wildman–Crippen MR) is 174 cm³/mol. The molecule has 0 saturated heterocycles. The molecule has 0 atom stereocenters. The molecule has 4 heterocycles. The summed E-state index contributed by atoms with van der Waals surface area (Å²) >= 11 is 7.59. The zero-order chi connectivity index (χ0) is 26.6. The van der Waals surface area contributed by atoms with Crippen molar-refractivity contribution in [3.8, 4) is 51.5 Å². The van der Waals surface area contributed by atoms with Gasteiger partial charge in [0.25, 0.3) is 0 Å². The van der Waals surface area contributed by atoms with Gasteiger partial charge in [0.2, 0.25) is 0 Å². The second kappa shape index (κ2) is 10.1. The van der Waals surface area contributed by atoms with Gasteiger partial charge in [0.05, 0.1) is 0 Å². The second-order valence-electron chi connectivity index (χ2n) is 10.1. The molecule has 0 bridgehead atoms. The lowest BCUT2D eigenvalue weighted by Gasteiger charge is -2.04. The Labute approximate surface area is 241 Å². The van der Waals surface area contributed by atoms with Gasteiger partial charge in [-0.2, -0.15) is 0 Å². The molecule has 4 heteroatoms. The molecule has 0 fully saturated rings. The maximum atomic E-state index is 2.37. The van der Waals surface area contributed by atoms with E-state index in [9.17, 15) is 0 Å². The molecule has 190 valence electrons. The van der Waals surface area contributed by atoms with Gasteiger partial charge >= 0.3 is 0 Å². The minimum Gasteiger partial charge on any atom is -0.140 e. The van der Waals surface area contributed by atoms with E-state index in [0.29, 0.717) is 0 Å². The molecule has 0 aliphatic heterocycles. The minimum atomic E-state index is 1.29. The van der Waals surface area contributed by atoms with Gasteiger partial charge in [-0.3, -0.25) is 0 Å². The fourth-order valence-corrected chi connectivity index (χ4v) is 9.56. The summed E-state index contributed by atoms with van der Waals surface area (Å²) in [5.74, 6) is 0. The molecule has 0 aliphatic carbocycles. The lowest BCUT2D eigenvalue weighted by atomic mass is 10.1. The first-order valence-corrected chi connectivity index (χ1v) is 16.1. The van der Waals surface area contributed by atoms with E-state index in [-0.39, 0.29) is 0 Å². The van der Waals surface area contributed by atoms with Crippen molar-refractivity contribution in [2.45, 2.75) is 41.5 Å². The molecule has 4 aromatic heterocycles. The third kappa shape index (κ3) is 4.76. The van der Waals surface area contributed by atoms with E-state index < -0.39 is 0 Å². The summed E-state index contributed by atoms with van der Waals surface area (Å²) in [4.78, 5) is 11.0. The molecule has 6 rings (SSSR count). The first kappa shape index (κ1) is 25.5. The van der Waals surface area contributed by atoms with Crippen LogP contribution in [0.4, 0.5) is 0 Å². The fraction of sp³-hybridized carbons (Fsp3) is 0.176. The Kier molecular flexibility index (Phi) is 6.77. The number of hydrogen-bond acceptors (Lipinski definition) is 4. The van der Waals surface area contributed by atoms with E-state index >= 15 is 0 Å². The van der Waals surface area contributed by atoms with Crippen LogP contribution in [0.15, 0.2) is 72.8 Å². The Balaban J connectivity index is 1.27. The van der Waals surface area contributed by atoms with Gasteiger partial charge in [0.1, 0.15) is 0 Å². The van der Waals surface area contributed by atoms with E-state index in [1.54, 1.807) is 0 Å². The maximum Gasteiger partial charge on any atom is 0.0478 e. The Morgan fingerprint density at radius 1 is 0.368 bits per heavy atom. The standard InChI is InChI=1S/C34H30S4/c1-19-16-29(36-24(19)6)25-7-9-26(10-8-25)30-17-22(4)34(37-30)31-18-21(3)33(38-31)28-13-11-27(12-14-28)32-20(2)15-23(5)35-32/h7-18H,1-6H3. The lowest BCUT2D eigenvalue weighted by Crippen LogP contribution is -1.78. The third-order valence-corrected chi connectivity index (χ3v) is 12.3. The molecule has 0 aliphatic rings. The van der Waals surface area contributed by atoms with E-state index in [2.05, 4.69) is 114 Å². The highest BCUT2D eigenvalue weighted by atomic mass is 32.1. The van der Waals surface area contributed by atoms with Gasteiger partial charge in [-0.25, -0.2) is 0 Å². The molecule has 2 aromatic carbocycles. The Bertz CT molecular complexity index is 1730. The lowest BCUT2D eigenvalue weighted by molar-refractivity contribution is 1.44. The minimum absolute atomic E-state index is 1.29. The number of thiophene rings is 4. The van der Waals surface area contributed by atoms with Crippen molar-refractivity contribution in [3.63, 3.8) is 0 Å². The zero-order valence-electron chi connectivity index (χ0n) is 22.6. The summed E-state index contributed by atoms with van der Waals surface area (Å²) in [7, 11) is 0. The topological polar surface area (TPSA) is 0 Å². The second-order valence-corrected chi connectivity index (χ2v) is 14.7. The summed E-state index contributed by atoms with van der Waals surface area (Å²) in [6.07, 6.45) is 0. The molecular formula is C34H30S4. The molecule has 0 saturated carbocycles. The van der Waals surface area contributed by atoms with Crippen LogP contribution in [-0.4, -0.2) is 0 Å². The van der Waals surface area contributed by atoms with Crippen LogP contribution >= 0.6 is 45.3 Å². The summed E-state index contributed by atoms with van der Waals surface area (Å²) in [6.45, 7) is 13.3. The molecule has 0 nitrogen and oxygen atoms in total. The molecule has 0 N–H and O–H groups in total. The van der Waals surface area contributed by atoms with Crippen LogP contribution in [0.5, 0.6) is 0 Å². The Hall–Kier alpha value is -2.76. The first-order chi connectivity index (χ1) is 18.3. The monoisotopic (exact) mass is 566 g/mol. The largest absolute Gasteiger partial charge is 0.140 e. The molecule has 38 heavy (non-hydrogen) atoms. The van der Waals surface area contributed by atoms with Crippen LogP contribution in [0.2, 0.25) is 0 Å².